The third-order valence-corrected chi connectivity index (χ3v) is 6.10. The van der Waals surface area contributed by atoms with E-state index in [1.807, 2.05) is 18.5 Å². The Labute approximate surface area is 184 Å². The first-order chi connectivity index (χ1) is 15.1. The van der Waals surface area contributed by atoms with Crippen molar-refractivity contribution in [1.29, 1.82) is 0 Å². The summed E-state index contributed by atoms with van der Waals surface area (Å²) < 4.78 is 13.7. The van der Waals surface area contributed by atoms with E-state index in [-0.39, 0.29) is 6.10 Å². The molecule has 1 aromatic heterocycles. The molecule has 0 spiro atoms. The number of rotatable bonds is 7. The van der Waals surface area contributed by atoms with Gasteiger partial charge < -0.3 is 24.7 Å². The molecule has 1 unspecified atom stereocenters. The number of aryl methyl sites for hydroxylation is 2. The summed E-state index contributed by atoms with van der Waals surface area (Å²) in [6, 6.07) is 6.80. The Bertz CT molecular complexity index is 897. The van der Waals surface area contributed by atoms with E-state index in [0.717, 1.165) is 41.9 Å². The quantitative estimate of drug-likeness (QED) is 0.523. The molecule has 2 fully saturated rings. The fourth-order valence-electron chi connectivity index (χ4n) is 4.04. The first-order valence-corrected chi connectivity index (χ1v) is 11.3. The van der Waals surface area contributed by atoms with E-state index in [1.54, 1.807) is 0 Å². The molecular weight excluding hydrogens is 392 g/mol. The third kappa shape index (κ3) is 5.76. The highest BCUT2D eigenvalue weighted by Gasteiger charge is 2.19. The second kappa shape index (κ2) is 10.1. The lowest BCUT2D eigenvalue weighted by Gasteiger charge is -2.18. The van der Waals surface area contributed by atoms with Gasteiger partial charge in [-0.3, -0.25) is 0 Å². The molecule has 168 valence electrons. The summed E-state index contributed by atoms with van der Waals surface area (Å²) in [6.07, 6.45) is 5.97. The molecule has 1 aliphatic carbocycles. The highest BCUT2D eigenvalue weighted by Crippen LogP contribution is 2.25. The summed E-state index contributed by atoms with van der Waals surface area (Å²) in [7, 11) is 1.98. The maximum Gasteiger partial charge on any atom is 0.192 e. The maximum absolute atomic E-state index is 6.24. The Balaban J connectivity index is 1.47. The van der Waals surface area contributed by atoms with Crippen LogP contribution in [0.4, 0.5) is 0 Å². The van der Waals surface area contributed by atoms with Gasteiger partial charge in [-0.2, -0.15) is 0 Å². The number of nitrogens with zero attached hydrogens (tertiary/aromatic N) is 4. The summed E-state index contributed by atoms with van der Waals surface area (Å²) in [6.45, 7) is 6.59. The molecule has 2 aliphatic rings. The van der Waals surface area contributed by atoms with Crippen molar-refractivity contribution in [3.63, 3.8) is 0 Å². The summed E-state index contributed by atoms with van der Waals surface area (Å²) in [5, 5.41) is 15.5. The van der Waals surface area contributed by atoms with Crippen LogP contribution < -0.4 is 15.4 Å². The fraction of sp³-hybridized carbons (Fsp3) is 0.609. The van der Waals surface area contributed by atoms with Crippen molar-refractivity contribution in [2.24, 2.45) is 12.0 Å². The molecule has 1 saturated carbocycles. The zero-order valence-electron chi connectivity index (χ0n) is 18.9. The maximum atomic E-state index is 6.24. The van der Waals surface area contributed by atoms with Gasteiger partial charge >= 0.3 is 0 Å². The van der Waals surface area contributed by atoms with Gasteiger partial charge in [-0.1, -0.05) is 25.0 Å². The van der Waals surface area contributed by atoms with Crippen molar-refractivity contribution in [2.45, 2.75) is 71.2 Å². The molecule has 2 aromatic rings. The largest absolute Gasteiger partial charge is 0.488 e. The van der Waals surface area contributed by atoms with Gasteiger partial charge in [-0.15, -0.1) is 10.2 Å². The van der Waals surface area contributed by atoms with E-state index >= 15 is 0 Å². The van der Waals surface area contributed by atoms with Crippen LogP contribution in [0.2, 0.25) is 0 Å². The SMILES string of the molecule is Cc1ccc(CN=C(NCc2nnc(C)n2C)NC2CCCC2)c(OC2CCOC2)c1. The Morgan fingerprint density at radius 1 is 1.23 bits per heavy atom. The predicted octanol–water partition coefficient (Wildman–Crippen LogP) is 2.78. The van der Waals surface area contributed by atoms with Gasteiger partial charge in [0, 0.05) is 25.1 Å². The topological polar surface area (TPSA) is 85.6 Å². The van der Waals surface area contributed by atoms with E-state index in [1.165, 1.54) is 31.2 Å². The van der Waals surface area contributed by atoms with Gasteiger partial charge in [0.25, 0.3) is 0 Å². The average Bonchev–Trinajstić information content (AvgIpc) is 3.51. The molecule has 4 rings (SSSR count). The molecule has 0 bridgehead atoms. The lowest BCUT2D eigenvalue weighted by atomic mass is 10.1. The Kier molecular flexibility index (Phi) is 7.06. The molecule has 0 radical (unpaired) electrons. The molecular formula is C23H34N6O2. The minimum Gasteiger partial charge on any atom is -0.488 e. The number of aliphatic imine (C=N–C) groups is 1. The average molecular weight is 427 g/mol. The van der Waals surface area contributed by atoms with Gasteiger partial charge in [-0.05, 0) is 38.3 Å². The first-order valence-electron chi connectivity index (χ1n) is 11.3. The monoisotopic (exact) mass is 426 g/mol. The molecule has 1 atom stereocenters. The predicted molar refractivity (Wildman–Crippen MR) is 120 cm³/mol. The van der Waals surface area contributed by atoms with Gasteiger partial charge in [0.05, 0.1) is 26.3 Å². The number of nitrogens with one attached hydrogen (secondary N) is 2. The molecule has 2 N–H and O–H groups in total. The number of aromatic nitrogens is 3. The van der Waals surface area contributed by atoms with Crippen LogP contribution in [0.3, 0.4) is 0 Å². The van der Waals surface area contributed by atoms with Crippen molar-refractivity contribution in [1.82, 2.24) is 25.4 Å². The van der Waals surface area contributed by atoms with Crippen LogP contribution in [0, 0.1) is 13.8 Å². The first kappa shape index (κ1) is 21.6. The molecule has 8 heteroatoms. The number of hydrogen-bond acceptors (Lipinski definition) is 5. The number of hydrogen-bond donors (Lipinski definition) is 2. The van der Waals surface area contributed by atoms with Gasteiger partial charge in [-0.25, -0.2) is 4.99 Å². The molecule has 1 saturated heterocycles. The Morgan fingerprint density at radius 2 is 2.06 bits per heavy atom. The van der Waals surface area contributed by atoms with Crippen LogP contribution in [0.1, 0.15) is 54.9 Å². The van der Waals surface area contributed by atoms with Gasteiger partial charge in [0.15, 0.2) is 11.8 Å². The molecule has 8 nitrogen and oxygen atoms in total. The molecule has 1 aromatic carbocycles. The van der Waals surface area contributed by atoms with Crippen molar-refractivity contribution >= 4 is 5.96 Å². The molecule has 2 heterocycles. The number of benzene rings is 1. The standard InChI is InChI=1S/C23H34N6O2/c1-16-8-9-18(21(12-16)31-20-10-11-30-15-20)13-24-23(26-19-6-4-5-7-19)25-14-22-28-27-17(2)29(22)3/h8-9,12,19-20H,4-7,10-11,13-15H2,1-3H3,(H2,24,25,26). The van der Waals surface area contributed by atoms with Crippen molar-refractivity contribution in [3.05, 3.63) is 41.0 Å². The molecule has 1 aliphatic heterocycles. The highest BCUT2D eigenvalue weighted by atomic mass is 16.5. The minimum atomic E-state index is 0.123. The van der Waals surface area contributed by atoms with Crippen molar-refractivity contribution in [3.8, 4) is 5.75 Å². The highest BCUT2D eigenvalue weighted by molar-refractivity contribution is 5.80. The van der Waals surface area contributed by atoms with Crippen molar-refractivity contribution < 1.29 is 9.47 Å². The molecule has 0 amide bonds. The smallest absolute Gasteiger partial charge is 0.192 e. The normalized spacial score (nSPS) is 19.7. The fourth-order valence-corrected chi connectivity index (χ4v) is 4.04. The second-order valence-electron chi connectivity index (χ2n) is 8.58. The summed E-state index contributed by atoms with van der Waals surface area (Å²) in [4.78, 5) is 4.90. The summed E-state index contributed by atoms with van der Waals surface area (Å²) in [5.41, 5.74) is 2.27. The number of guanidine groups is 1. The Hall–Kier alpha value is -2.61. The van der Waals surface area contributed by atoms with Gasteiger partial charge in [0.1, 0.15) is 17.7 Å². The lowest BCUT2D eigenvalue weighted by Crippen LogP contribution is -2.42. The van der Waals surface area contributed by atoms with Crippen molar-refractivity contribution in [2.75, 3.05) is 13.2 Å². The Morgan fingerprint density at radius 3 is 2.77 bits per heavy atom. The van der Waals surface area contributed by atoms with Crippen LogP contribution in [-0.4, -0.2) is 46.1 Å². The van der Waals surface area contributed by atoms with E-state index in [9.17, 15) is 0 Å². The number of ether oxygens (including phenoxy) is 2. The van der Waals surface area contributed by atoms with E-state index in [0.29, 0.717) is 25.7 Å². The van der Waals surface area contributed by atoms with Crippen LogP contribution in [0.25, 0.3) is 0 Å². The van der Waals surface area contributed by atoms with E-state index in [2.05, 4.69) is 46.0 Å². The van der Waals surface area contributed by atoms with Crippen LogP contribution in [0.5, 0.6) is 5.75 Å². The van der Waals surface area contributed by atoms with Crippen LogP contribution in [0.15, 0.2) is 23.2 Å². The zero-order chi connectivity index (χ0) is 21.6. The third-order valence-electron chi connectivity index (χ3n) is 6.10. The van der Waals surface area contributed by atoms with E-state index in [4.69, 9.17) is 14.5 Å². The van der Waals surface area contributed by atoms with Crippen LogP contribution >= 0.6 is 0 Å². The van der Waals surface area contributed by atoms with E-state index < -0.39 is 0 Å². The zero-order valence-corrected chi connectivity index (χ0v) is 18.9. The summed E-state index contributed by atoms with van der Waals surface area (Å²) in [5.74, 6) is 3.50. The molecule has 31 heavy (non-hydrogen) atoms. The van der Waals surface area contributed by atoms with Crippen LogP contribution in [-0.2, 0) is 24.9 Å². The second-order valence-corrected chi connectivity index (χ2v) is 8.58. The lowest BCUT2D eigenvalue weighted by molar-refractivity contribution is 0.140. The minimum absolute atomic E-state index is 0.123. The summed E-state index contributed by atoms with van der Waals surface area (Å²) >= 11 is 0. The van der Waals surface area contributed by atoms with Gasteiger partial charge in [0.2, 0.25) is 0 Å².